The van der Waals surface area contributed by atoms with Crippen LogP contribution in [0.3, 0.4) is 0 Å². The van der Waals surface area contributed by atoms with Crippen LogP contribution >= 0.6 is 0 Å². The molecule has 2 aliphatic carbocycles. The zero-order valence-electron chi connectivity index (χ0n) is 14.7. The quantitative estimate of drug-likeness (QED) is 0.727. The first-order valence-electron chi connectivity index (χ1n) is 9.55. The molecule has 0 aromatic carbocycles. The second-order valence-electron chi connectivity index (χ2n) is 7.94. The number of carbonyl (C=O) groups is 2. The van der Waals surface area contributed by atoms with Crippen LogP contribution in [-0.2, 0) is 11.3 Å². The molecule has 5 rings (SSSR count). The number of piperazine rings is 1. The molecule has 140 valence electrons. The van der Waals surface area contributed by atoms with E-state index in [0.717, 1.165) is 31.8 Å². The summed E-state index contributed by atoms with van der Waals surface area (Å²) in [5, 5.41) is 20.9. The molecule has 9 nitrogen and oxygen atoms in total. The van der Waals surface area contributed by atoms with E-state index in [9.17, 15) is 14.7 Å². The summed E-state index contributed by atoms with van der Waals surface area (Å²) in [5.74, 6) is 1.11. The van der Waals surface area contributed by atoms with Crippen molar-refractivity contribution in [3.8, 4) is 0 Å². The average molecular weight is 360 g/mol. The number of rotatable bonds is 3. The topological polar surface area (TPSA) is 104 Å². The Kier molecular flexibility index (Phi) is 3.75. The lowest BCUT2D eigenvalue weighted by Crippen LogP contribution is -2.56. The minimum atomic E-state index is -0.324. The number of aliphatic hydroxyl groups excluding tert-OH is 1. The number of hydrogen-bond donors (Lipinski definition) is 2. The van der Waals surface area contributed by atoms with Crippen molar-refractivity contribution < 1.29 is 14.7 Å². The van der Waals surface area contributed by atoms with Crippen molar-refractivity contribution in [2.45, 2.75) is 50.4 Å². The van der Waals surface area contributed by atoms with Gasteiger partial charge in [-0.1, -0.05) is 0 Å². The molecule has 0 unspecified atom stereocenters. The SMILES string of the molecule is O=C(NC1CC1)c1nnc2n1CCN1CCN(C(=O)C3CC(O)C3)C[C@H]21. The van der Waals surface area contributed by atoms with Crippen molar-refractivity contribution in [3.05, 3.63) is 11.6 Å². The van der Waals surface area contributed by atoms with Gasteiger partial charge in [-0.05, 0) is 25.7 Å². The number of fused-ring (bicyclic) bond motifs is 3. The van der Waals surface area contributed by atoms with Crippen LogP contribution in [0, 0.1) is 5.92 Å². The second kappa shape index (κ2) is 6.02. The van der Waals surface area contributed by atoms with Gasteiger partial charge in [-0.15, -0.1) is 10.2 Å². The number of nitrogens with one attached hydrogen (secondary N) is 1. The van der Waals surface area contributed by atoms with Gasteiger partial charge in [0.2, 0.25) is 11.7 Å². The first-order valence-corrected chi connectivity index (χ1v) is 9.55. The maximum Gasteiger partial charge on any atom is 0.289 e. The number of hydrogen-bond acceptors (Lipinski definition) is 6. The number of aliphatic hydroxyl groups is 1. The smallest absolute Gasteiger partial charge is 0.289 e. The third kappa shape index (κ3) is 2.69. The van der Waals surface area contributed by atoms with Crippen molar-refractivity contribution in [1.82, 2.24) is 29.9 Å². The molecule has 3 fully saturated rings. The number of carbonyl (C=O) groups excluding carboxylic acids is 2. The van der Waals surface area contributed by atoms with E-state index in [1.165, 1.54) is 0 Å². The summed E-state index contributed by atoms with van der Waals surface area (Å²) in [4.78, 5) is 29.3. The Labute approximate surface area is 151 Å². The highest BCUT2D eigenvalue weighted by molar-refractivity contribution is 5.91. The molecule has 0 radical (unpaired) electrons. The Balaban J connectivity index is 1.33. The first-order chi connectivity index (χ1) is 12.6. The van der Waals surface area contributed by atoms with Gasteiger partial charge in [0.15, 0.2) is 5.82 Å². The molecule has 1 aromatic rings. The Morgan fingerprint density at radius 2 is 1.85 bits per heavy atom. The van der Waals surface area contributed by atoms with Crippen LogP contribution in [0.5, 0.6) is 0 Å². The highest BCUT2D eigenvalue weighted by atomic mass is 16.3. The zero-order chi connectivity index (χ0) is 17.8. The van der Waals surface area contributed by atoms with Gasteiger partial charge >= 0.3 is 0 Å². The second-order valence-corrected chi connectivity index (χ2v) is 7.94. The Bertz CT molecular complexity index is 739. The average Bonchev–Trinajstić information content (AvgIpc) is 3.32. The van der Waals surface area contributed by atoms with Crippen molar-refractivity contribution in [3.63, 3.8) is 0 Å². The molecular formula is C17H24N6O3. The summed E-state index contributed by atoms with van der Waals surface area (Å²) in [7, 11) is 0. The number of aromatic nitrogens is 3. The Morgan fingerprint density at radius 3 is 2.58 bits per heavy atom. The Morgan fingerprint density at radius 1 is 1.08 bits per heavy atom. The molecule has 3 heterocycles. The fourth-order valence-corrected chi connectivity index (χ4v) is 4.24. The van der Waals surface area contributed by atoms with Gasteiger partial charge < -0.3 is 19.9 Å². The minimum Gasteiger partial charge on any atom is -0.393 e. The van der Waals surface area contributed by atoms with Crippen LogP contribution in [0.15, 0.2) is 0 Å². The normalized spacial score (nSPS) is 31.0. The van der Waals surface area contributed by atoms with Gasteiger partial charge in [0.25, 0.3) is 5.91 Å². The molecule has 0 spiro atoms. The van der Waals surface area contributed by atoms with Crippen LogP contribution in [0.1, 0.15) is 48.2 Å². The van der Waals surface area contributed by atoms with Gasteiger partial charge in [-0.3, -0.25) is 14.5 Å². The zero-order valence-corrected chi connectivity index (χ0v) is 14.7. The van der Waals surface area contributed by atoms with Crippen molar-refractivity contribution in [1.29, 1.82) is 0 Å². The van der Waals surface area contributed by atoms with E-state index < -0.39 is 0 Å². The summed E-state index contributed by atoms with van der Waals surface area (Å²) in [6.07, 6.45) is 2.90. The fraction of sp³-hybridized carbons (Fsp3) is 0.765. The third-order valence-corrected chi connectivity index (χ3v) is 6.07. The maximum absolute atomic E-state index is 12.6. The summed E-state index contributed by atoms with van der Waals surface area (Å²) in [6, 6.07) is 0.276. The van der Waals surface area contributed by atoms with E-state index in [0.29, 0.717) is 38.3 Å². The lowest BCUT2D eigenvalue weighted by atomic mass is 9.81. The minimum absolute atomic E-state index is 0.0126. The van der Waals surface area contributed by atoms with E-state index in [1.807, 2.05) is 9.47 Å². The van der Waals surface area contributed by atoms with Crippen molar-refractivity contribution in [2.24, 2.45) is 5.92 Å². The van der Waals surface area contributed by atoms with Gasteiger partial charge in [-0.25, -0.2) is 0 Å². The van der Waals surface area contributed by atoms with Crippen molar-refractivity contribution >= 4 is 11.8 Å². The molecule has 1 saturated heterocycles. The predicted molar refractivity (Wildman–Crippen MR) is 90.1 cm³/mol. The maximum atomic E-state index is 12.6. The lowest BCUT2D eigenvalue weighted by Gasteiger charge is -2.45. The van der Waals surface area contributed by atoms with Crippen LogP contribution in [-0.4, -0.2) is 79.8 Å². The van der Waals surface area contributed by atoms with Crippen LogP contribution in [0.25, 0.3) is 0 Å². The molecular weight excluding hydrogens is 336 g/mol. The van der Waals surface area contributed by atoms with E-state index in [-0.39, 0.29) is 35.9 Å². The van der Waals surface area contributed by atoms with E-state index in [2.05, 4.69) is 20.4 Å². The van der Waals surface area contributed by atoms with Crippen LogP contribution < -0.4 is 5.32 Å². The lowest BCUT2D eigenvalue weighted by molar-refractivity contribution is -0.146. The van der Waals surface area contributed by atoms with E-state index in [4.69, 9.17) is 0 Å². The van der Waals surface area contributed by atoms with E-state index >= 15 is 0 Å². The van der Waals surface area contributed by atoms with Gasteiger partial charge in [0.1, 0.15) is 0 Å². The molecule has 1 aromatic heterocycles. The van der Waals surface area contributed by atoms with Gasteiger partial charge in [-0.2, -0.15) is 0 Å². The fourth-order valence-electron chi connectivity index (χ4n) is 4.24. The standard InChI is InChI=1S/C17H24N6O3/c24-12-7-10(8-12)17(26)22-4-3-21-5-6-23-14(13(21)9-22)19-20-15(23)16(25)18-11-1-2-11/h10-13,24H,1-9H2,(H,18,25)/t10?,12?,13-/m1/s1. The highest BCUT2D eigenvalue weighted by Gasteiger charge is 2.42. The molecule has 2 aliphatic heterocycles. The largest absolute Gasteiger partial charge is 0.393 e. The molecule has 2 amide bonds. The van der Waals surface area contributed by atoms with Gasteiger partial charge in [0.05, 0.1) is 12.1 Å². The third-order valence-electron chi connectivity index (χ3n) is 6.07. The molecule has 0 bridgehead atoms. The molecule has 9 heteroatoms. The molecule has 4 aliphatic rings. The summed E-state index contributed by atoms with van der Waals surface area (Å²) >= 11 is 0. The molecule has 1 atom stereocenters. The van der Waals surface area contributed by atoms with Gasteiger partial charge in [0, 0.05) is 44.7 Å². The van der Waals surface area contributed by atoms with E-state index in [1.54, 1.807) is 0 Å². The van der Waals surface area contributed by atoms with Crippen molar-refractivity contribution in [2.75, 3.05) is 26.2 Å². The molecule has 26 heavy (non-hydrogen) atoms. The molecule has 2 saturated carbocycles. The monoisotopic (exact) mass is 360 g/mol. The summed E-state index contributed by atoms with van der Waals surface area (Å²) < 4.78 is 1.92. The Hall–Kier alpha value is -2.00. The molecule has 2 N–H and O–H groups in total. The highest BCUT2D eigenvalue weighted by Crippen LogP contribution is 2.33. The number of amides is 2. The van der Waals surface area contributed by atoms with Crippen LogP contribution in [0.2, 0.25) is 0 Å². The summed E-state index contributed by atoms with van der Waals surface area (Å²) in [5.41, 5.74) is 0. The van der Waals surface area contributed by atoms with Crippen LogP contribution in [0.4, 0.5) is 0 Å². The predicted octanol–water partition coefficient (Wildman–Crippen LogP) is -0.860. The number of nitrogens with zero attached hydrogens (tertiary/aromatic N) is 5. The summed E-state index contributed by atoms with van der Waals surface area (Å²) in [6.45, 7) is 3.64. The first kappa shape index (κ1) is 16.2.